The highest BCUT2D eigenvalue weighted by Crippen LogP contribution is 2.31. The molecule has 1 fully saturated rings. The molecule has 0 atom stereocenters. The van der Waals surface area contributed by atoms with Crippen LogP contribution in [0.5, 0.6) is 0 Å². The smallest absolute Gasteiger partial charge is 0.0736 e. The molecule has 2 aromatic rings. The van der Waals surface area contributed by atoms with Crippen molar-refractivity contribution in [1.82, 2.24) is 4.98 Å². The quantitative estimate of drug-likeness (QED) is 0.737. The molecule has 1 aromatic carbocycles. The van der Waals surface area contributed by atoms with Crippen LogP contribution in [-0.2, 0) is 4.74 Å². The van der Waals surface area contributed by atoms with Gasteiger partial charge in [-0.1, -0.05) is 6.07 Å². The van der Waals surface area contributed by atoms with Gasteiger partial charge in [0.05, 0.1) is 18.7 Å². The summed E-state index contributed by atoms with van der Waals surface area (Å²) < 4.78 is 6.70. The lowest BCUT2D eigenvalue weighted by Gasteiger charge is -2.30. The third-order valence-electron chi connectivity index (χ3n) is 3.24. The Morgan fingerprint density at radius 2 is 2.06 bits per heavy atom. The van der Waals surface area contributed by atoms with E-state index in [4.69, 9.17) is 4.74 Å². The monoisotopic (exact) mass is 354 g/mol. The molecule has 1 saturated heterocycles. The summed E-state index contributed by atoms with van der Waals surface area (Å²) in [5.41, 5.74) is 3.46. The number of hydrogen-bond donors (Lipinski definition) is 0. The van der Waals surface area contributed by atoms with Gasteiger partial charge in [0, 0.05) is 33.4 Å². The van der Waals surface area contributed by atoms with Crippen LogP contribution in [0.1, 0.15) is 5.69 Å². The minimum atomic E-state index is 0.812. The molecule has 0 spiro atoms. The maximum atomic E-state index is 5.43. The number of aromatic nitrogens is 1. The molecule has 1 aliphatic rings. The number of hydrogen-bond acceptors (Lipinski definition) is 3. The number of ether oxygens (including phenoxy) is 1. The van der Waals surface area contributed by atoms with Crippen molar-refractivity contribution in [3.8, 4) is 0 Å². The summed E-state index contributed by atoms with van der Waals surface area (Å²) in [5.74, 6) is 0. The molecule has 0 bridgehead atoms. The fourth-order valence-electron chi connectivity index (χ4n) is 2.41. The predicted octanol–water partition coefficient (Wildman–Crippen LogP) is 2.98. The van der Waals surface area contributed by atoms with Crippen LogP contribution >= 0.6 is 22.6 Å². The zero-order valence-electron chi connectivity index (χ0n) is 10.3. The van der Waals surface area contributed by atoms with Gasteiger partial charge in [-0.25, -0.2) is 0 Å². The van der Waals surface area contributed by atoms with E-state index in [1.165, 1.54) is 14.6 Å². The summed E-state index contributed by atoms with van der Waals surface area (Å²) in [6.07, 6.45) is 0. The Kier molecular flexibility index (Phi) is 3.39. The molecule has 0 amide bonds. The van der Waals surface area contributed by atoms with Gasteiger partial charge in [0.2, 0.25) is 0 Å². The first-order valence-electron chi connectivity index (χ1n) is 6.14. The van der Waals surface area contributed by atoms with Crippen molar-refractivity contribution in [3.05, 3.63) is 33.5 Å². The maximum Gasteiger partial charge on any atom is 0.0736 e. The number of benzene rings is 1. The second-order valence-electron chi connectivity index (χ2n) is 4.52. The number of aryl methyl sites for hydroxylation is 1. The topological polar surface area (TPSA) is 25.4 Å². The molecule has 0 saturated carbocycles. The molecule has 1 aliphatic heterocycles. The van der Waals surface area contributed by atoms with E-state index in [1.54, 1.807) is 0 Å². The molecule has 18 heavy (non-hydrogen) atoms. The van der Waals surface area contributed by atoms with E-state index in [0.717, 1.165) is 37.5 Å². The molecule has 2 heterocycles. The van der Waals surface area contributed by atoms with Crippen molar-refractivity contribution < 1.29 is 4.74 Å². The van der Waals surface area contributed by atoms with Crippen molar-refractivity contribution in [2.24, 2.45) is 0 Å². The molecule has 0 aliphatic carbocycles. The van der Waals surface area contributed by atoms with Gasteiger partial charge < -0.3 is 9.64 Å². The first kappa shape index (κ1) is 12.2. The van der Waals surface area contributed by atoms with Crippen molar-refractivity contribution in [2.75, 3.05) is 31.2 Å². The zero-order chi connectivity index (χ0) is 12.5. The molecular weight excluding hydrogens is 339 g/mol. The molecule has 94 valence electrons. The Morgan fingerprint density at radius 1 is 1.28 bits per heavy atom. The molecule has 0 radical (unpaired) electrons. The standard InChI is InChI=1S/C14H15IN2O/c1-10-9-13(17-5-7-18-8-6-17)14-11(15)3-2-4-12(14)16-10/h2-4,9H,5-8H2,1H3. The van der Waals surface area contributed by atoms with E-state index in [1.807, 2.05) is 0 Å². The minimum Gasteiger partial charge on any atom is -0.378 e. The lowest BCUT2D eigenvalue weighted by Crippen LogP contribution is -2.36. The van der Waals surface area contributed by atoms with Gasteiger partial charge in [-0.3, -0.25) is 4.98 Å². The number of pyridine rings is 1. The Morgan fingerprint density at radius 3 is 2.83 bits per heavy atom. The Balaban J connectivity index is 2.19. The van der Waals surface area contributed by atoms with Gasteiger partial charge in [-0.2, -0.15) is 0 Å². The normalized spacial score (nSPS) is 16.2. The van der Waals surface area contributed by atoms with E-state index >= 15 is 0 Å². The van der Waals surface area contributed by atoms with Crippen LogP contribution in [0.15, 0.2) is 24.3 Å². The van der Waals surface area contributed by atoms with Crippen molar-refractivity contribution in [3.63, 3.8) is 0 Å². The highest BCUT2D eigenvalue weighted by atomic mass is 127. The van der Waals surface area contributed by atoms with Crippen molar-refractivity contribution >= 4 is 39.2 Å². The van der Waals surface area contributed by atoms with Crippen molar-refractivity contribution in [1.29, 1.82) is 0 Å². The number of morpholine rings is 1. The lowest BCUT2D eigenvalue weighted by atomic mass is 10.1. The third kappa shape index (κ3) is 2.19. The Bertz CT molecular complexity index is 579. The third-order valence-corrected chi connectivity index (χ3v) is 4.14. The molecular formula is C14H15IN2O. The second kappa shape index (κ2) is 5.01. The molecule has 4 heteroatoms. The first-order chi connectivity index (χ1) is 8.75. The fourth-order valence-corrected chi connectivity index (χ4v) is 3.17. The average Bonchev–Trinajstić information content (AvgIpc) is 2.39. The van der Waals surface area contributed by atoms with E-state index in [0.29, 0.717) is 0 Å². The fraction of sp³-hybridized carbons (Fsp3) is 0.357. The number of anilines is 1. The van der Waals surface area contributed by atoms with Gasteiger partial charge in [0.25, 0.3) is 0 Å². The summed E-state index contributed by atoms with van der Waals surface area (Å²) in [6, 6.07) is 8.49. The summed E-state index contributed by atoms with van der Waals surface area (Å²) in [7, 11) is 0. The highest BCUT2D eigenvalue weighted by Gasteiger charge is 2.16. The van der Waals surface area contributed by atoms with Gasteiger partial charge in [-0.15, -0.1) is 0 Å². The van der Waals surface area contributed by atoms with Crippen LogP contribution in [0.3, 0.4) is 0 Å². The van der Waals surface area contributed by atoms with E-state index < -0.39 is 0 Å². The number of halogens is 1. The summed E-state index contributed by atoms with van der Waals surface area (Å²) in [6.45, 7) is 5.61. The first-order valence-corrected chi connectivity index (χ1v) is 7.22. The largest absolute Gasteiger partial charge is 0.378 e. The van der Waals surface area contributed by atoms with E-state index in [9.17, 15) is 0 Å². The predicted molar refractivity (Wildman–Crippen MR) is 82.2 cm³/mol. The summed E-state index contributed by atoms with van der Waals surface area (Å²) in [4.78, 5) is 7.03. The van der Waals surface area contributed by atoms with Crippen LogP contribution in [0.25, 0.3) is 10.9 Å². The summed E-state index contributed by atoms with van der Waals surface area (Å²) >= 11 is 2.39. The number of rotatable bonds is 1. The van der Waals surface area contributed by atoms with Gasteiger partial charge in [-0.05, 0) is 47.7 Å². The Labute approximate surface area is 120 Å². The van der Waals surface area contributed by atoms with E-state index in [-0.39, 0.29) is 0 Å². The minimum absolute atomic E-state index is 0.812. The lowest BCUT2D eigenvalue weighted by molar-refractivity contribution is 0.123. The SMILES string of the molecule is Cc1cc(N2CCOCC2)c2c(I)cccc2n1. The molecule has 3 rings (SSSR count). The van der Waals surface area contributed by atoms with Crippen LogP contribution in [-0.4, -0.2) is 31.3 Å². The van der Waals surface area contributed by atoms with Crippen molar-refractivity contribution in [2.45, 2.75) is 6.92 Å². The van der Waals surface area contributed by atoms with Gasteiger partial charge in [0.1, 0.15) is 0 Å². The number of fused-ring (bicyclic) bond motifs is 1. The Hall–Kier alpha value is -0.880. The number of nitrogens with zero attached hydrogens (tertiary/aromatic N) is 2. The molecule has 1 aromatic heterocycles. The van der Waals surface area contributed by atoms with Gasteiger partial charge in [0.15, 0.2) is 0 Å². The van der Waals surface area contributed by atoms with Crippen LogP contribution in [0.4, 0.5) is 5.69 Å². The van der Waals surface area contributed by atoms with E-state index in [2.05, 4.69) is 63.7 Å². The maximum absolute atomic E-state index is 5.43. The van der Waals surface area contributed by atoms with Crippen LogP contribution in [0, 0.1) is 10.5 Å². The van der Waals surface area contributed by atoms with Gasteiger partial charge >= 0.3 is 0 Å². The average molecular weight is 354 g/mol. The second-order valence-corrected chi connectivity index (χ2v) is 5.68. The van der Waals surface area contributed by atoms with Crippen LogP contribution in [0.2, 0.25) is 0 Å². The molecule has 3 nitrogen and oxygen atoms in total. The van der Waals surface area contributed by atoms with Crippen LogP contribution < -0.4 is 4.90 Å². The molecule has 0 N–H and O–H groups in total. The zero-order valence-corrected chi connectivity index (χ0v) is 12.5. The molecule has 0 unspecified atom stereocenters. The summed E-state index contributed by atoms with van der Waals surface area (Å²) in [5, 5.41) is 1.27. The highest BCUT2D eigenvalue weighted by molar-refractivity contribution is 14.1.